The van der Waals surface area contributed by atoms with Crippen molar-refractivity contribution < 1.29 is 9.53 Å². The van der Waals surface area contributed by atoms with Gasteiger partial charge in [0.2, 0.25) is 0 Å². The summed E-state index contributed by atoms with van der Waals surface area (Å²) in [6.45, 7) is 10.3. The highest BCUT2D eigenvalue weighted by Crippen LogP contribution is 2.07. The van der Waals surface area contributed by atoms with Gasteiger partial charge in [-0.05, 0) is 45.2 Å². The Morgan fingerprint density at radius 1 is 1.22 bits per heavy atom. The summed E-state index contributed by atoms with van der Waals surface area (Å²) in [5.74, 6) is -0.225. The first-order valence-corrected chi connectivity index (χ1v) is 6.20. The van der Waals surface area contributed by atoms with Gasteiger partial charge in [-0.25, -0.2) is 0 Å². The van der Waals surface area contributed by atoms with Crippen LogP contribution in [-0.2, 0) is 22.5 Å². The first-order chi connectivity index (χ1) is 8.40. The molecule has 1 aromatic carbocycles. The van der Waals surface area contributed by atoms with Crippen LogP contribution >= 0.6 is 0 Å². The standard InChI is InChI=1S/C15H22NO2/c1-5-12-6-8-13(9-7-12)10-16-11-14(17)18-15(2,3)4/h6-9,16H,1,5,10-11H2,2-4H3. The number of hydrogen-bond donors (Lipinski definition) is 1. The Hall–Kier alpha value is -1.35. The SMILES string of the molecule is [CH2]Cc1ccc(CNCC(=O)OC(C)(C)C)cc1. The summed E-state index contributed by atoms with van der Waals surface area (Å²) in [6, 6.07) is 8.19. The maximum Gasteiger partial charge on any atom is 0.320 e. The van der Waals surface area contributed by atoms with Crippen LogP contribution in [0.5, 0.6) is 0 Å². The van der Waals surface area contributed by atoms with Crippen molar-refractivity contribution >= 4 is 5.97 Å². The summed E-state index contributed by atoms with van der Waals surface area (Å²) < 4.78 is 5.20. The minimum atomic E-state index is -0.422. The lowest BCUT2D eigenvalue weighted by atomic mass is 10.1. The molecule has 0 atom stereocenters. The Morgan fingerprint density at radius 2 is 1.78 bits per heavy atom. The molecule has 0 aromatic heterocycles. The third kappa shape index (κ3) is 5.82. The van der Waals surface area contributed by atoms with Crippen molar-refractivity contribution in [2.75, 3.05) is 6.54 Å². The van der Waals surface area contributed by atoms with E-state index in [-0.39, 0.29) is 12.5 Å². The van der Waals surface area contributed by atoms with Crippen LogP contribution < -0.4 is 5.32 Å². The fourth-order valence-corrected chi connectivity index (χ4v) is 1.51. The second kappa shape index (κ2) is 6.55. The van der Waals surface area contributed by atoms with Crippen LogP contribution in [0.2, 0.25) is 0 Å². The van der Waals surface area contributed by atoms with Crippen LogP contribution in [0, 0.1) is 6.92 Å². The van der Waals surface area contributed by atoms with Gasteiger partial charge in [-0.15, -0.1) is 0 Å². The van der Waals surface area contributed by atoms with Gasteiger partial charge in [0, 0.05) is 6.54 Å². The van der Waals surface area contributed by atoms with E-state index in [9.17, 15) is 4.79 Å². The van der Waals surface area contributed by atoms with Crippen molar-refractivity contribution in [1.29, 1.82) is 0 Å². The Morgan fingerprint density at radius 3 is 2.28 bits per heavy atom. The molecule has 3 nitrogen and oxygen atoms in total. The van der Waals surface area contributed by atoms with Crippen molar-refractivity contribution in [2.45, 2.75) is 39.3 Å². The fraction of sp³-hybridized carbons (Fsp3) is 0.467. The van der Waals surface area contributed by atoms with Gasteiger partial charge in [0.15, 0.2) is 0 Å². The average Bonchev–Trinajstić information content (AvgIpc) is 2.27. The van der Waals surface area contributed by atoms with Crippen LogP contribution in [-0.4, -0.2) is 18.1 Å². The highest BCUT2D eigenvalue weighted by molar-refractivity contribution is 5.72. The molecule has 99 valence electrons. The van der Waals surface area contributed by atoms with E-state index < -0.39 is 5.60 Å². The molecule has 0 aliphatic rings. The minimum Gasteiger partial charge on any atom is -0.459 e. The van der Waals surface area contributed by atoms with Crippen LogP contribution in [0.4, 0.5) is 0 Å². The number of hydrogen-bond acceptors (Lipinski definition) is 3. The summed E-state index contributed by atoms with van der Waals surface area (Å²) in [6.07, 6.45) is 0.797. The van der Waals surface area contributed by atoms with Crippen molar-refractivity contribution in [3.05, 3.63) is 42.3 Å². The molecule has 0 amide bonds. The second-order valence-corrected chi connectivity index (χ2v) is 5.26. The molecule has 0 aliphatic heterocycles. The van der Waals surface area contributed by atoms with Crippen molar-refractivity contribution in [3.63, 3.8) is 0 Å². The molecular weight excluding hydrogens is 226 g/mol. The van der Waals surface area contributed by atoms with E-state index in [1.165, 1.54) is 5.56 Å². The Kier molecular flexibility index (Phi) is 5.35. The maximum atomic E-state index is 11.5. The predicted molar refractivity (Wildman–Crippen MR) is 73.1 cm³/mol. The minimum absolute atomic E-state index is 0.225. The molecule has 0 unspecified atom stereocenters. The summed E-state index contributed by atoms with van der Waals surface area (Å²) in [5.41, 5.74) is 1.94. The van der Waals surface area contributed by atoms with E-state index in [2.05, 4.69) is 24.4 Å². The summed E-state index contributed by atoms with van der Waals surface area (Å²) in [7, 11) is 0. The number of ether oxygens (including phenoxy) is 1. The first-order valence-electron chi connectivity index (χ1n) is 6.20. The molecule has 0 saturated heterocycles. The molecule has 0 heterocycles. The lowest BCUT2D eigenvalue weighted by molar-refractivity contribution is -0.153. The molecule has 0 spiro atoms. The smallest absolute Gasteiger partial charge is 0.320 e. The lowest BCUT2D eigenvalue weighted by Crippen LogP contribution is -2.31. The average molecular weight is 248 g/mol. The topological polar surface area (TPSA) is 38.3 Å². The number of carbonyl (C=O) groups is 1. The summed E-state index contributed by atoms with van der Waals surface area (Å²) in [5, 5.41) is 3.07. The lowest BCUT2D eigenvalue weighted by Gasteiger charge is -2.19. The summed E-state index contributed by atoms with van der Waals surface area (Å²) in [4.78, 5) is 11.5. The van der Waals surface area contributed by atoms with E-state index >= 15 is 0 Å². The van der Waals surface area contributed by atoms with Gasteiger partial charge >= 0.3 is 5.97 Å². The number of carbonyl (C=O) groups excluding carboxylic acids is 1. The molecular formula is C15H22NO2. The van der Waals surface area contributed by atoms with Crippen LogP contribution in [0.1, 0.15) is 31.9 Å². The molecule has 1 N–H and O–H groups in total. The van der Waals surface area contributed by atoms with Gasteiger partial charge < -0.3 is 10.1 Å². The molecule has 1 radical (unpaired) electrons. The maximum absolute atomic E-state index is 11.5. The van der Waals surface area contributed by atoms with Gasteiger partial charge in [-0.3, -0.25) is 4.79 Å². The molecule has 1 rings (SSSR count). The quantitative estimate of drug-likeness (QED) is 0.814. The zero-order valence-corrected chi connectivity index (χ0v) is 11.5. The van der Waals surface area contributed by atoms with Gasteiger partial charge in [0.25, 0.3) is 0 Å². The van der Waals surface area contributed by atoms with Gasteiger partial charge in [-0.1, -0.05) is 24.3 Å². The Labute approximate surface area is 110 Å². The zero-order chi connectivity index (χ0) is 13.6. The van der Waals surface area contributed by atoms with Crippen LogP contribution in [0.15, 0.2) is 24.3 Å². The fourth-order valence-electron chi connectivity index (χ4n) is 1.51. The van der Waals surface area contributed by atoms with E-state index in [1.54, 1.807) is 0 Å². The van der Waals surface area contributed by atoms with E-state index in [1.807, 2.05) is 32.9 Å². The molecule has 1 aromatic rings. The number of rotatable bonds is 5. The second-order valence-electron chi connectivity index (χ2n) is 5.26. The highest BCUT2D eigenvalue weighted by atomic mass is 16.6. The van der Waals surface area contributed by atoms with Gasteiger partial charge in [0.05, 0.1) is 6.54 Å². The monoisotopic (exact) mass is 248 g/mol. The van der Waals surface area contributed by atoms with Crippen LogP contribution in [0.25, 0.3) is 0 Å². The highest BCUT2D eigenvalue weighted by Gasteiger charge is 2.15. The van der Waals surface area contributed by atoms with Gasteiger partial charge in [0.1, 0.15) is 5.60 Å². The Bertz CT molecular complexity index is 376. The molecule has 3 heteroatoms. The molecule has 0 aliphatic carbocycles. The Balaban J connectivity index is 2.30. The normalized spacial score (nSPS) is 11.3. The van der Waals surface area contributed by atoms with Crippen molar-refractivity contribution in [2.24, 2.45) is 0 Å². The number of nitrogens with one attached hydrogen (secondary N) is 1. The van der Waals surface area contributed by atoms with Crippen molar-refractivity contribution in [3.8, 4) is 0 Å². The van der Waals surface area contributed by atoms with E-state index in [4.69, 9.17) is 4.74 Å². The number of esters is 1. The zero-order valence-electron chi connectivity index (χ0n) is 11.5. The van der Waals surface area contributed by atoms with E-state index in [0.29, 0.717) is 6.54 Å². The third-order valence-electron chi connectivity index (χ3n) is 2.33. The molecule has 0 fully saturated rings. The largest absolute Gasteiger partial charge is 0.459 e. The first kappa shape index (κ1) is 14.7. The summed E-state index contributed by atoms with van der Waals surface area (Å²) >= 11 is 0. The number of benzene rings is 1. The predicted octanol–water partition coefficient (Wildman–Crippen LogP) is 2.49. The molecule has 0 bridgehead atoms. The third-order valence-corrected chi connectivity index (χ3v) is 2.33. The van der Waals surface area contributed by atoms with Crippen molar-refractivity contribution in [1.82, 2.24) is 5.32 Å². The van der Waals surface area contributed by atoms with Crippen LogP contribution in [0.3, 0.4) is 0 Å². The molecule has 18 heavy (non-hydrogen) atoms. The molecule has 0 saturated carbocycles. The van der Waals surface area contributed by atoms with Gasteiger partial charge in [-0.2, -0.15) is 0 Å². The van der Waals surface area contributed by atoms with E-state index in [0.717, 1.165) is 12.0 Å².